The van der Waals surface area contributed by atoms with Crippen LogP contribution >= 0.6 is 15.9 Å². The van der Waals surface area contributed by atoms with Crippen LogP contribution < -0.4 is 11.1 Å². The summed E-state index contributed by atoms with van der Waals surface area (Å²) in [5.74, 6) is -0.116. The number of halogens is 1. The molecular weight excluding hydrogens is 280 g/mol. The van der Waals surface area contributed by atoms with Crippen LogP contribution in [0, 0.1) is 0 Å². The molecule has 1 aromatic carbocycles. The van der Waals surface area contributed by atoms with Gasteiger partial charge in [-0.25, -0.2) is 0 Å². The molecule has 0 saturated heterocycles. The van der Waals surface area contributed by atoms with E-state index in [2.05, 4.69) is 35.1 Å². The number of anilines is 1. The minimum absolute atomic E-state index is 0.116. The van der Waals surface area contributed by atoms with Crippen molar-refractivity contribution in [3.63, 3.8) is 0 Å². The zero-order valence-corrected chi connectivity index (χ0v) is 12.1. The quantitative estimate of drug-likeness (QED) is 0.838. The molecule has 0 aliphatic rings. The molecular formula is C13H19BrN2O. The van der Waals surface area contributed by atoms with Crippen LogP contribution in [0.2, 0.25) is 0 Å². The van der Waals surface area contributed by atoms with Gasteiger partial charge in [0.2, 0.25) is 0 Å². The first-order valence-corrected chi connectivity index (χ1v) is 6.58. The Balaban J connectivity index is 2.94. The Hall–Kier alpha value is -1.03. The van der Waals surface area contributed by atoms with Gasteiger partial charge in [0.05, 0.1) is 5.56 Å². The van der Waals surface area contributed by atoms with Crippen molar-refractivity contribution in [1.29, 1.82) is 0 Å². The number of hydrogen-bond acceptors (Lipinski definition) is 2. The van der Waals surface area contributed by atoms with Gasteiger partial charge in [-0.15, -0.1) is 0 Å². The lowest BCUT2D eigenvalue weighted by Gasteiger charge is -2.28. The Labute approximate surface area is 111 Å². The molecule has 0 unspecified atom stereocenters. The van der Waals surface area contributed by atoms with Crippen LogP contribution in [0.3, 0.4) is 0 Å². The van der Waals surface area contributed by atoms with Crippen molar-refractivity contribution in [2.24, 2.45) is 0 Å². The summed E-state index contributed by atoms with van der Waals surface area (Å²) in [4.78, 5) is 12.1. The lowest BCUT2D eigenvalue weighted by molar-refractivity contribution is 0.0902. The average molecular weight is 299 g/mol. The number of nitrogens with one attached hydrogen (secondary N) is 1. The topological polar surface area (TPSA) is 55.1 Å². The standard InChI is InChI=1S/C13H19BrN2O/c1-4-13(3,5-2)16-12(17)10-8-9(14)6-7-11(10)15/h6-8H,4-5,15H2,1-3H3,(H,16,17). The maximum absolute atomic E-state index is 12.1. The van der Waals surface area contributed by atoms with E-state index in [4.69, 9.17) is 5.73 Å². The summed E-state index contributed by atoms with van der Waals surface area (Å²) in [5.41, 5.74) is 6.66. The maximum atomic E-state index is 12.1. The molecule has 3 nitrogen and oxygen atoms in total. The molecule has 0 atom stereocenters. The molecule has 94 valence electrons. The van der Waals surface area contributed by atoms with Crippen molar-refractivity contribution < 1.29 is 4.79 Å². The van der Waals surface area contributed by atoms with E-state index in [1.165, 1.54) is 0 Å². The summed E-state index contributed by atoms with van der Waals surface area (Å²) in [5, 5.41) is 3.04. The van der Waals surface area contributed by atoms with Crippen molar-refractivity contribution in [3.05, 3.63) is 28.2 Å². The van der Waals surface area contributed by atoms with Gasteiger partial charge in [0.1, 0.15) is 0 Å². The summed E-state index contributed by atoms with van der Waals surface area (Å²) in [6.07, 6.45) is 1.78. The predicted molar refractivity (Wildman–Crippen MR) is 75.0 cm³/mol. The molecule has 0 spiro atoms. The highest BCUT2D eigenvalue weighted by Crippen LogP contribution is 2.20. The molecule has 0 saturated carbocycles. The molecule has 0 aromatic heterocycles. The molecule has 0 aliphatic heterocycles. The highest BCUT2D eigenvalue weighted by Gasteiger charge is 2.23. The van der Waals surface area contributed by atoms with E-state index >= 15 is 0 Å². The van der Waals surface area contributed by atoms with Crippen LogP contribution in [0.4, 0.5) is 5.69 Å². The van der Waals surface area contributed by atoms with Gasteiger partial charge in [0.15, 0.2) is 0 Å². The van der Waals surface area contributed by atoms with Gasteiger partial charge in [-0.2, -0.15) is 0 Å². The third-order valence-electron chi connectivity index (χ3n) is 3.24. The highest BCUT2D eigenvalue weighted by atomic mass is 79.9. The summed E-state index contributed by atoms with van der Waals surface area (Å²) in [6.45, 7) is 6.17. The van der Waals surface area contributed by atoms with E-state index in [0.29, 0.717) is 11.3 Å². The largest absolute Gasteiger partial charge is 0.398 e. The maximum Gasteiger partial charge on any atom is 0.253 e. The second-order valence-electron chi connectivity index (χ2n) is 4.45. The third-order valence-corrected chi connectivity index (χ3v) is 3.73. The fourth-order valence-corrected chi connectivity index (χ4v) is 1.85. The van der Waals surface area contributed by atoms with Gasteiger partial charge in [-0.05, 0) is 38.0 Å². The summed E-state index contributed by atoms with van der Waals surface area (Å²) in [6, 6.07) is 5.30. The monoisotopic (exact) mass is 298 g/mol. The zero-order chi connectivity index (χ0) is 13.1. The number of benzene rings is 1. The van der Waals surface area contributed by atoms with E-state index in [-0.39, 0.29) is 11.4 Å². The number of amides is 1. The number of hydrogen-bond donors (Lipinski definition) is 2. The lowest BCUT2D eigenvalue weighted by atomic mass is 9.95. The van der Waals surface area contributed by atoms with Gasteiger partial charge in [0.25, 0.3) is 5.91 Å². The van der Waals surface area contributed by atoms with Crippen LogP contribution in [-0.4, -0.2) is 11.4 Å². The number of nitrogens with two attached hydrogens (primary N) is 1. The van der Waals surface area contributed by atoms with E-state index in [1.807, 2.05) is 13.0 Å². The first-order chi connectivity index (χ1) is 7.91. The minimum Gasteiger partial charge on any atom is -0.398 e. The van der Waals surface area contributed by atoms with Crippen molar-refractivity contribution in [2.75, 3.05) is 5.73 Å². The SMILES string of the molecule is CCC(C)(CC)NC(=O)c1cc(Br)ccc1N. The van der Waals surface area contributed by atoms with Crippen molar-refractivity contribution in [1.82, 2.24) is 5.32 Å². The molecule has 0 fully saturated rings. The Morgan fingerprint density at radius 2 is 2.00 bits per heavy atom. The van der Waals surface area contributed by atoms with Gasteiger partial charge in [-0.1, -0.05) is 29.8 Å². The molecule has 0 bridgehead atoms. The van der Waals surface area contributed by atoms with Crippen LogP contribution in [0.1, 0.15) is 44.0 Å². The average Bonchev–Trinajstić information content (AvgIpc) is 2.32. The van der Waals surface area contributed by atoms with Crippen molar-refractivity contribution in [2.45, 2.75) is 39.2 Å². The van der Waals surface area contributed by atoms with Gasteiger partial charge < -0.3 is 11.1 Å². The zero-order valence-electron chi connectivity index (χ0n) is 10.5. The summed E-state index contributed by atoms with van der Waals surface area (Å²) < 4.78 is 0.853. The van der Waals surface area contributed by atoms with E-state index < -0.39 is 0 Å². The Morgan fingerprint density at radius 3 is 2.53 bits per heavy atom. The first kappa shape index (κ1) is 14.0. The molecule has 1 amide bonds. The summed E-state index contributed by atoms with van der Waals surface area (Å²) >= 11 is 3.34. The van der Waals surface area contributed by atoms with Crippen LogP contribution in [0.5, 0.6) is 0 Å². The molecule has 4 heteroatoms. The molecule has 0 aliphatic carbocycles. The normalized spacial score (nSPS) is 11.3. The van der Waals surface area contributed by atoms with E-state index in [0.717, 1.165) is 17.3 Å². The van der Waals surface area contributed by atoms with Crippen LogP contribution in [0.15, 0.2) is 22.7 Å². The Kier molecular flexibility index (Phi) is 4.57. The van der Waals surface area contributed by atoms with Gasteiger partial charge >= 0.3 is 0 Å². The molecule has 17 heavy (non-hydrogen) atoms. The number of carbonyl (C=O) groups excluding carboxylic acids is 1. The van der Waals surface area contributed by atoms with E-state index in [1.54, 1.807) is 12.1 Å². The number of nitrogen functional groups attached to an aromatic ring is 1. The second-order valence-corrected chi connectivity index (χ2v) is 5.37. The highest BCUT2D eigenvalue weighted by molar-refractivity contribution is 9.10. The smallest absolute Gasteiger partial charge is 0.253 e. The molecule has 0 heterocycles. The molecule has 1 rings (SSSR count). The summed E-state index contributed by atoms with van der Waals surface area (Å²) in [7, 11) is 0. The van der Waals surface area contributed by atoms with Crippen LogP contribution in [-0.2, 0) is 0 Å². The molecule has 0 radical (unpaired) electrons. The van der Waals surface area contributed by atoms with Crippen LogP contribution in [0.25, 0.3) is 0 Å². The first-order valence-electron chi connectivity index (χ1n) is 5.79. The van der Waals surface area contributed by atoms with E-state index in [9.17, 15) is 4.79 Å². The predicted octanol–water partition coefficient (Wildman–Crippen LogP) is 3.34. The second kappa shape index (κ2) is 5.54. The fourth-order valence-electron chi connectivity index (χ4n) is 1.49. The Morgan fingerprint density at radius 1 is 1.41 bits per heavy atom. The fraction of sp³-hybridized carbons (Fsp3) is 0.462. The third kappa shape index (κ3) is 3.46. The Bertz CT molecular complexity index is 414. The molecule has 1 aromatic rings. The van der Waals surface area contributed by atoms with Gasteiger partial charge in [0, 0.05) is 15.7 Å². The lowest BCUT2D eigenvalue weighted by Crippen LogP contribution is -2.45. The van der Waals surface area contributed by atoms with Crippen molar-refractivity contribution in [3.8, 4) is 0 Å². The molecule has 3 N–H and O–H groups in total. The number of carbonyl (C=O) groups is 1. The van der Waals surface area contributed by atoms with Crippen molar-refractivity contribution >= 4 is 27.5 Å². The minimum atomic E-state index is -0.175. The van der Waals surface area contributed by atoms with Gasteiger partial charge in [-0.3, -0.25) is 4.79 Å². The number of rotatable bonds is 4.